The Bertz CT molecular complexity index is 2690. The van der Waals surface area contributed by atoms with Gasteiger partial charge in [0.1, 0.15) is 78.0 Å². The van der Waals surface area contributed by atoms with Crippen LogP contribution < -0.4 is 37.1 Å². The number of aliphatic hydroxyl groups excluding tert-OH is 6. The van der Waals surface area contributed by atoms with Gasteiger partial charge in [0.2, 0.25) is 35.3 Å². The lowest BCUT2D eigenvalue weighted by atomic mass is 9.72. The number of nitrogens with two attached hydrogens (primary N) is 1. The van der Waals surface area contributed by atoms with Crippen LogP contribution in [-0.4, -0.2) is 197 Å². The summed E-state index contributed by atoms with van der Waals surface area (Å²) in [6.45, 7) is 5.97. The number of aromatic hydroxyl groups is 2. The molecule has 0 radical (unpaired) electrons. The third kappa shape index (κ3) is 12.4. The maximum atomic E-state index is 14.1. The molecule has 6 rings (SSSR count). The van der Waals surface area contributed by atoms with Gasteiger partial charge in [0.15, 0.2) is 30.3 Å². The minimum atomic E-state index is -2.49. The van der Waals surface area contributed by atoms with E-state index in [9.17, 15) is 89.1 Å². The molecule has 2 saturated heterocycles. The molecule has 6 amide bonds. The van der Waals surface area contributed by atoms with Crippen molar-refractivity contribution >= 4 is 52.8 Å². The first-order valence-corrected chi connectivity index (χ1v) is 24.5. The maximum absolute atomic E-state index is 14.1. The van der Waals surface area contributed by atoms with Crippen molar-refractivity contribution in [2.24, 2.45) is 11.7 Å². The van der Waals surface area contributed by atoms with Crippen LogP contribution in [-0.2, 0) is 54.2 Å². The smallest absolute Gasteiger partial charge is 0.252 e. The Morgan fingerprint density at radius 2 is 1.40 bits per heavy atom. The van der Waals surface area contributed by atoms with Crippen molar-refractivity contribution in [1.82, 2.24) is 26.6 Å². The summed E-state index contributed by atoms with van der Waals surface area (Å²) >= 11 is 0. The summed E-state index contributed by atoms with van der Waals surface area (Å²) in [4.78, 5) is 120. The number of carbonyl (C=O) groups is 9. The number of ether oxygens (including phenoxy) is 4. The zero-order valence-corrected chi connectivity index (χ0v) is 42.5. The van der Waals surface area contributed by atoms with Crippen molar-refractivity contribution in [2.45, 2.75) is 158 Å². The molecule has 2 aliphatic carbocycles. The van der Waals surface area contributed by atoms with Gasteiger partial charge in [-0.15, -0.1) is 0 Å². The zero-order chi connectivity index (χ0) is 57.3. The fraction of sp³-hybridized carbons (Fsp3) is 0.571. The SMILES string of the molecule is COc1cccc2c1C(=O)c1c(O)c3c(c(O)c1C2=O)C[C@@](O)(C(=O)CO)C[C@@H]3O[C@@H]1CC(NC(=O)C(CC(C)C)NC(=O)C(CC(N)=O)NC(=O)C(C)NC(=O)C(C)NC(=O)C2OC(O)C(O)C(O)C2O)[C@@H](O)C(C)O1. The maximum Gasteiger partial charge on any atom is 0.252 e. The average molecular weight is 1090 g/mol. The molecule has 11 unspecified atom stereocenters. The molecule has 0 spiro atoms. The summed E-state index contributed by atoms with van der Waals surface area (Å²) in [6, 6.07) is -3.21. The number of phenols is 2. The van der Waals surface area contributed by atoms with Gasteiger partial charge in [0, 0.05) is 36.0 Å². The molecule has 77 heavy (non-hydrogen) atoms. The minimum absolute atomic E-state index is 0.0149. The second kappa shape index (κ2) is 23.9. The van der Waals surface area contributed by atoms with Crippen molar-refractivity contribution in [3.8, 4) is 17.2 Å². The van der Waals surface area contributed by atoms with Crippen LogP contribution in [0.5, 0.6) is 17.2 Å². The second-order valence-electron chi connectivity index (χ2n) is 19.9. The first-order valence-electron chi connectivity index (χ1n) is 24.5. The van der Waals surface area contributed by atoms with Crippen molar-refractivity contribution < 1.29 is 108 Å². The van der Waals surface area contributed by atoms with Gasteiger partial charge in [-0.05, 0) is 39.2 Å². The monoisotopic (exact) mass is 1090 g/mol. The van der Waals surface area contributed by atoms with Crippen LogP contribution in [0.15, 0.2) is 18.2 Å². The van der Waals surface area contributed by atoms with E-state index < -0.39 is 199 Å². The van der Waals surface area contributed by atoms with Gasteiger partial charge in [0.25, 0.3) is 5.91 Å². The largest absolute Gasteiger partial charge is 0.507 e. The van der Waals surface area contributed by atoms with E-state index in [1.54, 1.807) is 13.8 Å². The highest BCUT2D eigenvalue weighted by atomic mass is 16.7. The Balaban J connectivity index is 1.17. The van der Waals surface area contributed by atoms with Gasteiger partial charge < -0.3 is 97.2 Å². The molecule has 2 fully saturated rings. The molecule has 16 N–H and O–H groups in total. The first-order chi connectivity index (χ1) is 36.0. The third-order valence-corrected chi connectivity index (χ3v) is 13.8. The summed E-state index contributed by atoms with van der Waals surface area (Å²) < 4.78 is 22.4. The number of hydrogen-bond donors (Lipinski definition) is 15. The zero-order valence-electron chi connectivity index (χ0n) is 42.5. The van der Waals surface area contributed by atoms with Crippen molar-refractivity contribution in [1.29, 1.82) is 0 Å². The molecule has 15 atom stereocenters. The molecule has 28 heteroatoms. The average Bonchev–Trinajstić information content (AvgIpc) is 3.46. The van der Waals surface area contributed by atoms with E-state index in [-0.39, 0.29) is 40.3 Å². The Kier molecular flexibility index (Phi) is 18.5. The molecule has 0 aromatic heterocycles. The molecule has 4 aliphatic rings. The van der Waals surface area contributed by atoms with Crippen LogP contribution in [0.4, 0.5) is 0 Å². The summed E-state index contributed by atoms with van der Waals surface area (Å²) in [7, 11) is 1.25. The predicted molar refractivity (Wildman–Crippen MR) is 257 cm³/mol. The number of amides is 6. The number of nitrogens with one attached hydrogen (secondary N) is 5. The van der Waals surface area contributed by atoms with Crippen LogP contribution in [0.1, 0.15) is 109 Å². The van der Waals surface area contributed by atoms with Crippen molar-refractivity contribution in [2.75, 3.05) is 13.7 Å². The van der Waals surface area contributed by atoms with E-state index in [1.165, 1.54) is 46.1 Å². The summed E-state index contributed by atoms with van der Waals surface area (Å²) in [6.07, 6.45) is -18.4. The van der Waals surface area contributed by atoms with Gasteiger partial charge in [-0.1, -0.05) is 26.0 Å². The van der Waals surface area contributed by atoms with Crippen molar-refractivity contribution in [3.05, 3.63) is 51.6 Å². The summed E-state index contributed by atoms with van der Waals surface area (Å²) in [5.41, 5.74) is 0.628. The lowest BCUT2D eigenvalue weighted by molar-refractivity contribution is -0.275. The number of benzene rings is 2. The van der Waals surface area contributed by atoms with Gasteiger partial charge >= 0.3 is 0 Å². The van der Waals surface area contributed by atoms with E-state index in [4.69, 9.17) is 24.7 Å². The van der Waals surface area contributed by atoms with Crippen LogP contribution in [0.3, 0.4) is 0 Å². The topological polar surface area (TPSA) is 459 Å². The molecular formula is C49H64N6O22. The van der Waals surface area contributed by atoms with Gasteiger partial charge in [0.05, 0.1) is 48.5 Å². The number of phenolic OH excluding ortho intramolecular Hbond substituents is 2. The minimum Gasteiger partial charge on any atom is -0.507 e. The molecule has 2 aliphatic heterocycles. The van der Waals surface area contributed by atoms with Crippen molar-refractivity contribution in [3.63, 3.8) is 0 Å². The first kappa shape index (κ1) is 59.5. The van der Waals surface area contributed by atoms with E-state index in [0.29, 0.717) is 0 Å². The highest BCUT2D eigenvalue weighted by molar-refractivity contribution is 6.31. The van der Waals surface area contributed by atoms with Gasteiger partial charge in [-0.3, -0.25) is 43.2 Å². The standard InChI is InChI=1S/C49H64N6O22/c1-16(2)10-23(55-46(70)24(11-28(50)58)54-44(68)18(4)51-43(67)17(3)52-47(71)42-40(65)39(64)41(66)48(72)77-42)45(69)53-22-12-29(75-19(5)34(22)59)76-26-14-49(73,27(57)15-56)13-21-31(26)38(63)33-32(36(21)61)35(60)20-8-7-9-25(74-6)30(20)37(33)62/h7-9,16-19,22-24,26,29,34,39-42,48,56,59,61,63-66,72-73H,10-15H2,1-6H3,(H2,50,58)(H,51,67)(H,52,71)(H,53,69)(H,54,68)(H,55,70)/t17?,18?,19?,22?,23?,24?,26-,29+,34-,39?,40?,41?,42?,48?,49-/m0/s1. The molecule has 28 nitrogen and oxygen atoms in total. The number of rotatable bonds is 19. The number of fused-ring (bicyclic) bond motifs is 3. The molecule has 0 saturated carbocycles. The second-order valence-corrected chi connectivity index (χ2v) is 19.9. The Labute approximate surface area is 438 Å². The Morgan fingerprint density at radius 1 is 0.779 bits per heavy atom. The highest BCUT2D eigenvalue weighted by Gasteiger charge is 2.51. The Morgan fingerprint density at radius 3 is 2.03 bits per heavy atom. The molecule has 2 aromatic carbocycles. The molecule has 0 bridgehead atoms. The van der Waals surface area contributed by atoms with E-state index in [2.05, 4.69) is 26.6 Å². The van der Waals surface area contributed by atoms with Crippen LogP contribution in [0, 0.1) is 5.92 Å². The van der Waals surface area contributed by atoms with Crippen LogP contribution in [0.25, 0.3) is 0 Å². The number of methoxy groups -OCH3 is 1. The highest BCUT2D eigenvalue weighted by Crippen LogP contribution is 2.52. The lowest BCUT2D eigenvalue weighted by Gasteiger charge is -2.43. The summed E-state index contributed by atoms with van der Waals surface area (Å²) in [5.74, 6) is -11.2. The number of aliphatic hydroxyl groups is 7. The number of hydrogen-bond acceptors (Lipinski definition) is 22. The quantitative estimate of drug-likeness (QED) is 0.0499. The van der Waals surface area contributed by atoms with Gasteiger partial charge in [-0.25, -0.2) is 0 Å². The Hall–Kier alpha value is -6.73. The summed E-state index contributed by atoms with van der Waals surface area (Å²) in [5, 5.41) is 108. The number of carbonyl (C=O) groups excluding carboxylic acids is 9. The van der Waals surface area contributed by atoms with Crippen LogP contribution >= 0.6 is 0 Å². The predicted octanol–water partition coefficient (Wildman–Crippen LogP) is -5.14. The number of primary amides is 1. The van der Waals surface area contributed by atoms with E-state index in [1.807, 2.05) is 0 Å². The fourth-order valence-electron chi connectivity index (χ4n) is 9.67. The normalized spacial score (nSPS) is 28.3. The molecule has 2 aromatic rings. The number of ketones is 3. The molecule has 2 heterocycles. The van der Waals surface area contributed by atoms with E-state index in [0.717, 1.165) is 0 Å². The molecule has 422 valence electrons. The lowest BCUT2D eigenvalue weighted by Crippen LogP contribution is -2.63. The fourth-order valence-corrected chi connectivity index (χ4v) is 9.67. The van der Waals surface area contributed by atoms with Gasteiger partial charge in [-0.2, -0.15) is 0 Å². The molecular weight excluding hydrogens is 1020 g/mol. The van der Waals surface area contributed by atoms with Crippen LogP contribution in [0.2, 0.25) is 0 Å². The third-order valence-electron chi connectivity index (χ3n) is 13.8. The number of Topliss-reactive ketones (excluding diaryl/α,β-unsaturated/α-hetero) is 1. The van der Waals surface area contributed by atoms with E-state index >= 15 is 0 Å².